The molecule has 9 nitrogen and oxygen atoms in total. The third-order valence-electron chi connectivity index (χ3n) is 2.44. The van der Waals surface area contributed by atoms with Crippen LogP contribution in [0.15, 0.2) is 18.2 Å². The average Bonchev–Trinajstić information content (AvgIpc) is 2.41. The van der Waals surface area contributed by atoms with Crippen LogP contribution < -0.4 is 21.7 Å². The number of carbonyl (C=O) groups excluding carboxylic acids is 2. The van der Waals surface area contributed by atoms with E-state index in [0.29, 0.717) is 0 Å². The van der Waals surface area contributed by atoms with Crippen molar-refractivity contribution in [3.8, 4) is 0 Å². The van der Waals surface area contributed by atoms with Crippen LogP contribution in [0, 0.1) is 10.1 Å². The molecule has 0 spiro atoms. The van der Waals surface area contributed by atoms with E-state index >= 15 is 0 Å². The number of rotatable bonds is 6. The minimum Gasteiger partial charge on any atom is -0.383 e. The number of nitro benzene ring substituents is 1. The van der Waals surface area contributed by atoms with Gasteiger partial charge < -0.3 is 21.7 Å². The number of nitrogens with two attached hydrogens (primary N) is 1. The fourth-order valence-electron chi connectivity index (χ4n) is 1.58. The van der Waals surface area contributed by atoms with Gasteiger partial charge >= 0.3 is 11.7 Å². The highest BCUT2D eigenvalue weighted by Gasteiger charge is 2.23. The molecule has 0 saturated heterocycles. The van der Waals surface area contributed by atoms with Gasteiger partial charge in [-0.15, -0.1) is 0 Å². The van der Waals surface area contributed by atoms with Gasteiger partial charge in [0.15, 0.2) is 0 Å². The van der Waals surface area contributed by atoms with Crippen molar-refractivity contribution in [2.45, 2.75) is 0 Å². The number of amides is 3. The SMILES string of the molecule is CNc1cccc(C(=O)NCCNC(N)=O)c1[N+](=O)[O-]. The van der Waals surface area contributed by atoms with Crippen molar-refractivity contribution >= 4 is 23.3 Å². The topological polar surface area (TPSA) is 139 Å². The zero-order chi connectivity index (χ0) is 15.1. The molecule has 1 aromatic rings. The summed E-state index contributed by atoms with van der Waals surface area (Å²) in [7, 11) is 1.53. The van der Waals surface area contributed by atoms with E-state index in [-0.39, 0.29) is 30.0 Å². The molecule has 20 heavy (non-hydrogen) atoms. The van der Waals surface area contributed by atoms with Gasteiger partial charge in [0.2, 0.25) is 0 Å². The standard InChI is InChI=1S/C11H15N5O4/c1-13-8-4-2-3-7(9(8)16(19)20)10(17)14-5-6-15-11(12)18/h2-4,13H,5-6H2,1H3,(H,14,17)(H3,12,15,18). The lowest BCUT2D eigenvalue weighted by molar-refractivity contribution is -0.384. The highest BCUT2D eigenvalue weighted by Crippen LogP contribution is 2.27. The number of nitro groups is 1. The molecule has 3 amide bonds. The first kappa shape index (κ1) is 15.2. The second-order valence-electron chi connectivity index (χ2n) is 3.76. The van der Waals surface area contributed by atoms with Crippen LogP contribution in [0.5, 0.6) is 0 Å². The van der Waals surface area contributed by atoms with Gasteiger partial charge in [-0.2, -0.15) is 0 Å². The van der Waals surface area contributed by atoms with Gasteiger partial charge in [-0.05, 0) is 12.1 Å². The monoisotopic (exact) mass is 281 g/mol. The summed E-state index contributed by atoms with van der Waals surface area (Å²) in [6.07, 6.45) is 0. The number of urea groups is 1. The Morgan fingerprint density at radius 2 is 1.95 bits per heavy atom. The molecule has 1 aromatic carbocycles. The van der Waals surface area contributed by atoms with E-state index < -0.39 is 16.9 Å². The Bertz CT molecular complexity index is 532. The Labute approximate surface area is 114 Å². The predicted molar refractivity (Wildman–Crippen MR) is 72.6 cm³/mol. The van der Waals surface area contributed by atoms with E-state index in [0.717, 1.165) is 0 Å². The summed E-state index contributed by atoms with van der Waals surface area (Å²) < 4.78 is 0. The fraction of sp³-hybridized carbons (Fsp3) is 0.273. The molecular formula is C11H15N5O4. The Kier molecular flexibility index (Phi) is 5.27. The van der Waals surface area contributed by atoms with Gasteiger partial charge in [-0.1, -0.05) is 6.07 Å². The molecule has 0 radical (unpaired) electrons. The molecule has 0 aliphatic heterocycles. The number of hydrogen-bond donors (Lipinski definition) is 4. The Hall–Kier alpha value is -2.84. The first-order valence-corrected chi connectivity index (χ1v) is 5.74. The maximum atomic E-state index is 11.9. The van der Waals surface area contributed by atoms with Gasteiger partial charge in [0.1, 0.15) is 11.3 Å². The molecule has 0 bridgehead atoms. The normalized spacial score (nSPS) is 9.65. The number of anilines is 1. The van der Waals surface area contributed by atoms with Gasteiger partial charge in [-0.25, -0.2) is 4.79 Å². The lowest BCUT2D eigenvalue weighted by Crippen LogP contribution is -2.37. The molecule has 0 unspecified atom stereocenters. The minimum atomic E-state index is -0.706. The lowest BCUT2D eigenvalue weighted by atomic mass is 10.1. The van der Waals surface area contributed by atoms with Crippen molar-refractivity contribution < 1.29 is 14.5 Å². The van der Waals surface area contributed by atoms with E-state index in [1.807, 2.05) is 0 Å². The van der Waals surface area contributed by atoms with Crippen molar-refractivity contribution in [2.75, 3.05) is 25.5 Å². The number of hydrogen-bond acceptors (Lipinski definition) is 5. The molecule has 5 N–H and O–H groups in total. The van der Waals surface area contributed by atoms with Gasteiger partial charge in [-0.3, -0.25) is 14.9 Å². The van der Waals surface area contributed by atoms with Crippen molar-refractivity contribution in [1.82, 2.24) is 10.6 Å². The molecule has 0 saturated carbocycles. The quantitative estimate of drug-likeness (QED) is 0.331. The molecule has 1 rings (SSSR count). The number of benzene rings is 1. The fourth-order valence-corrected chi connectivity index (χ4v) is 1.58. The number of primary amides is 1. The number of nitrogens with zero attached hydrogens (tertiary/aromatic N) is 1. The molecule has 0 heterocycles. The summed E-state index contributed by atoms with van der Waals surface area (Å²) in [5.74, 6) is -0.597. The van der Waals surface area contributed by atoms with Crippen LogP contribution in [-0.2, 0) is 0 Å². The Balaban J connectivity index is 2.82. The number of carbonyl (C=O) groups is 2. The largest absolute Gasteiger partial charge is 0.383 e. The number of para-hydroxylation sites is 1. The molecule has 108 valence electrons. The van der Waals surface area contributed by atoms with Crippen LogP contribution in [0.1, 0.15) is 10.4 Å². The molecule has 0 aromatic heterocycles. The predicted octanol–water partition coefficient (Wildman–Crippen LogP) is 0.0346. The van der Waals surface area contributed by atoms with Crippen molar-refractivity contribution in [3.63, 3.8) is 0 Å². The summed E-state index contributed by atoms with van der Waals surface area (Å²) in [6.45, 7) is 0.253. The van der Waals surface area contributed by atoms with E-state index in [1.54, 1.807) is 0 Å². The van der Waals surface area contributed by atoms with Crippen LogP contribution in [0.2, 0.25) is 0 Å². The second-order valence-corrected chi connectivity index (χ2v) is 3.76. The molecule has 0 fully saturated rings. The maximum absolute atomic E-state index is 11.9. The molecule has 0 aliphatic carbocycles. The summed E-state index contributed by atoms with van der Waals surface area (Å²) in [6, 6.07) is 3.69. The van der Waals surface area contributed by atoms with E-state index in [4.69, 9.17) is 5.73 Å². The smallest absolute Gasteiger partial charge is 0.312 e. The second kappa shape index (κ2) is 6.92. The Morgan fingerprint density at radius 3 is 2.50 bits per heavy atom. The van der Waals surface area contributed by atoms with Crippen molar-refractivity contribution in [3.05, 3.63) is 33.9 Å². The van der Waals surface area contributed by atoms with Gasteiger partial charge in [0.05, 0.1) is 4.92 Å². The van der Waals surface area contributed by atoms with E-state index in [9.17, 15) is 19.7 Å². The zero-order valence-electron chi connectivity index (χ0n) is 10.8. The molecule has 0 atom stereocenters. The first-order chi connectivity index (χ1) is 9.47. The van der Waals surface area contributed by atoms with Crippen LogP contribution in [-0.4, -0.2) is 37.0 Å². The summed E-state index contributed by atoms with van der Waals surface area (Å²) in [5, 5.41) is 18.4. The third-order valence-corrected chi connectivity index (χ3v) is 2.44. The highest BCUT2D eigenvalue weighted by atomic mass is 16.6. The van der Waals surface area contributed by atoms with Crippen LogP contribution in [0.4, 0.5) is 16.2 Å². The summed E-state index contributed by atoms with van der Waals surface area (Å²) in [4.78, 5) is 32.8. The zero-order valence-corrected chi connectivity index (χ0v) is 10.8. The van der Waals surface area contributed by atoms with Crippen LogP contribution in [0.25, 0.3) is 0 Å². The molecule has 9 heteroatoms. The summed E-state index contributed by atoms with van der Waals surface area (Å²) >= 11 is 0. The average molecular weight is 281 g/mol. The molecule has 0 aliphatic rings. The van der Waals surface area contributed by atoms with Crippen molar-refractivity contribution in [1.29, 1.82) is 0 Å². The van der Waals surface area contributed by atoms with Gasteiger partial charge in [0, 0.05) is 20.1 Å². The maximum Gasteiger partial charge on any atom is 0.312 e. The van der Waals surface area contributed by atoms with E-state index in [1.165, 1.54) is 25.2 Å². The van der Waals surface area contributed by atoms with Crippen LogP contribution >= 0.6 is 0 Å². The summed E-state index contributed by atoms with van der Waals surface area (Å²) in [5.41, 5.74) is 4.76. The van der Waals surface area contributed by atoms with Gasteiger partial charge in [0.25, 0.3) is 5.91 Å². The minimum absolute atomic E-state index is 0.0547. The van der Waals surface area contributed by atoms with Crippen molar-refractivity contribution in [2.24, 2.45) is 5.73 Å². The number of nitrogens with one attached hydrogen (secondary N) is 3. The highest BCUT2D eigenvalue weighted by molar-refractivity contribution is 6.00. The van der Waals surface area contributed by atoms with E-state index in [2.05, 4.69) is 16.0 Å². The van der Waals surface area contributed by atoms with Crippen LogP contribution in [0.3, 0.4) is 0 Å². The Morgan fingerprint density at radius 1 is 1.30 bits per heavy atom. The lowest BCUT2D eigenvalue weighted by Gasteiger charge is -2.08. The molecular weight excluding hydrogens is 266 g/mol. The first-order valence-electron chi connectivity index (χ1n) is 5.74. The third kappa shape index (κ3) is 3.83.